The maximum atomic E-state index is 13.6. The summed E-state index contributed by atoms with van der Waals surface area (Å²) in [6.07, 6.45) is 0. The van der Waals surface area contributed by atoms with Gasteiger partial charge in [-0.1, -0.05) is 18.2 Å². The number of benzene rings is 2. The minimum absolute atomic E-state index is 0.00685. The van der Waals surface area contributed by atoms with Gasteiger partial charge in [-0.05, 0) is 43.7 Å². The number of hydrogen-bond donors (Lipinski definition) is 1. The van der Waals surface area contributed by atoms with Crippen molar-refractivity contribution in [3.05, 3.63) is 53.8 Å². The molecule has 1 N–H and O–H groups in total. The number of anilines is 1. The molecule has 2 aromatic rings. The third-order valence-electron chi connectivity index (χ3n) is 2.81. The molecule has 2 rings (SSSR count). The van der Waals surface area contributed by atoms with Gasteiger partial charge in [-0.2, -0.15) is 0 Å². The first-order valence-corrected chi connectivity index (χ1v) is 7.93. The van der Waals surface area contributed by atoms with Crippen molar-refractivity contribution in [2.24, 2.45) is 0 Å². The highest BCUT2D eigenvalue weighted by molar-refractivity contribution is 7.92. The summed E-state index contributed by atoms with van der Waals surface area (Å²) in [5.74, 6) is -0.390. The largest absolute Gasteiger partial charge is 0.492 e. The first-order chi connectivity index (χ1) is 9.94. The molecule has 0 radical (unpaired) electrons. The highest BCUT2D eigenvalue weighted by Crippen LogP contribution is 2.27. The van der Waals surface area contributed by atoms with Gasteiger partial charge in [0.2, 0.25) is 0 Å². The van der Waals surface area contributed by atoms with Crippen LogP contribution in [-0.2, 0) is 10.0 Å². The Morgan fingerprint density at radius 2 is 1.90 bits per heavy atom. The molecule has 0 atom stereocenters. The summed E-state index contributed by atoms with van der Waals surface area (Å²) < 4.78 is 46.1. The summed E-state index contributed by atoms with van der Waals surface area (Å²) in [4.78, 5) is -0.00685. The van der Waals surface area contributed by atoms with Gasteiger partial charge in [0.15, 0.2) is 0 Å². The van der Waals surface area contributed by atoms with Gasteiger partial charge in [-0.25, -0.2) is 12.8 Å². The molecule has 112 valence electrons. The van der Waals surface area contributed by atoms with Crippen molar-refractivity contribution in [1.82, 2.24) is 0 Å². The Hall–Kier alpha value is -2.08. The Bertz CT molecular complexity index is 744. The lowest BCUT2D eigenvalue weighted by Crippen LogP contribution is -2.15. The zero-order valence-corrected chi connectivity index (χ0v) is 12.6. The van der Waals surface area contributed by atoms with Crippen LogP contribution in [0, 0.1) is 12.7 Å². The number of nitrogens with one attached hydrogen (secondary N) is 1. The molecule has 0 aromatic heterocycles. The topological polar surface area (TPSA) is 55.4 Å². The van der Waals surface area contributed by atoms with Crippen molar-refractivity contribution in [2.45, 2.75) is 18.7 Å². The highest BCUT2D eigenvalue weighted by atomic mass is 32.2. The zero-order valence-electron chi connectivity index (χ0n) is 11.8. The van der Waals surface area contributed by atoms with Crippen LogP contribution in [-0.4, -0.2) is 15.0 Å². The predicted octanol–water partition coefficient (Wildman–Crippen LogP) is 3.33. The third kappa shape index (κ3) is 3.52. The first kappa shape index (κ1) is 15.3. The van der Waals surface area contributed by atoms with E-state index in [-0.39, 0.29) is 16.3 Å². The fourth-order valence-corrected chi connectivity index (χ4v) is 3.14. The number of hydrogen-bond acceptors (Lipinski definition) is 3. The molecule has 0 unspecified atom stereocenters. The van der Waals surface area contributed by atoms with Crippen LogP contribution in [0.4, 0.5) is 10.1 Å². The summed E-state index contributed by atoms with van der Waals surface area (Å²) in [6, 6.07) is 10.4. The second-order valence-electron chi connectivity index (χ2n) is 4.47. The van der Waals surface area contributed by atoms with Crippen molar-refractivity contribution < 1.29 is 17.5 Å². The van der Waals surface area contributed by atoms with Crippen LogP contribution >= 0.6 is 0 Å². The second-order valence-corrected chi connectivity index (χ2v) is 6.12. The van der Waals surface area contributed by atoms with E-state index < -0.39 is 15.8 Å². The molecule has 0 spiro atoms. The fourth-order valence-electron chi connectivity index (χ4n) is 1.84. The lowest BCUT2D eigenvalue weighted by molar-refractivity contribution is 0.331. The van der Waals surface area contributed by atoms with Gasteiger partial charge in [0.05, 0.1) is 12.3 Å². The molecule has 0 aliphatic heterocycles. The molecule has 21 heavy (non-hydrogen) atoms. The summed E-state index contributed by atoms with van der Waals surface area (Å²) in [5.41, 5.74) is 0.675. The van der Waals surface area contributed by atoms with Crippen LogP contribution in [0.5, 0.6) is 5.75 Å². The van der Waals surface area contributed by atoms with E-state index in [9.17, 15) is 12.8 Å². The Morgan fingerprint density at radius 1 is 1.19 bits per heavy atom. The minimum Gasteiger partial charge on any atom is -0.492 e. The smallest absolute Gasteiger partial charge is 0.265 e. The SMILES string of the molecule is CCOc1ccc(C)cc1S(=O)(=O)Nc1ccccc1F. The second kappa shape index (κ2) is 6.13. The molecule has 0 fully saturated rings. The minimum atomic E-state index is -3.93. The van der Waals surface area contributed by atoms with Crippen molar-refractivity contribution in [2.75, 3.05) is 11.3 Å². The maximum absolute atomic E-state index is 13.6. The van der Waals surface area contributed by atoms with Gasteiger partial charge in [0.25, 0.3) is 10.0 Å². The third-order valence-corrected chi connectivity index (χ3v) is 4.19. The van der Waals surface area contributed by atoms with E-state index in [4.69, 9.17) is 4.74 Å². The first-order valence-electron chi connectivity index (χ1n) is 6.45. The standard InChI is InChI=1S/C15H16FNO3S/c1-3-20-14-9-8-11(2)10-15(14)21(18,19)17-13-7-5-4-6-12(13)16/h4-10,17H,3H2,1-2H3. The maximum Gasteiger partial charge on any atom is 0.265 e. The number of ether oxygens (including phenoxy) is 1. The number of para-hydroxylation sites is 1. The normalized spacial score (nSPS) is 11.2. The van der Waals surface area contributed by atoms with E-state index >= 15 is 0 Å². The fraction of sp³-hybridized carbons (Fsp3) is 0.200. The van der Waals surface area contributed by atoms with E-state index in [2.05, 4.69) is 4.72 Å². The zero-order chi connectivity index (χ0) is 15.5. The molecule has 0 aliphatic rings. The molecule has 0 saturated carbocycles. The molecule has 0 aliphatic carbocycles. The average molecular weight is 309 g/mol. The number of aryl methyl sites for hydroxylation is 1. The molecule has 0 bridgehead atoms. The highest BCUT2D eigenvalue weighted by Gasteiger charge is 2.21. The molecule has 0 heterocycles. The van der Waals surface area contributed by atoms with Gasteiger partial charge in [0.1, 0.15) is 16.5 Å². The van der Waals surface area contributed by atoms with Gasteiger partial charge in [-0.3, -0.25) is 4.72 Å². The van der Waals surface area contributed by atoms with Gasteiger partial charge < -0.3 is 4.74 Å². The van der Waals surface area contributed by atoms with Gasteiger partial charge in [-0.15, -0.1) is 0 Å². The van der Waals surface area contributed by atoms with E-state index in [0.29, 0.717) is 6.61 Å². The number of halogens is 1. The number of sulfonamides is 1. The molecular formula is C15H16FNO3S. The van der Waals surface area contributed by atoms with Crippen LogP contribution in [0.3, 0.4) is 0 Å². The Morgan fingerprint density at radius 3 is 2.57 bits per heavy atom. The predicted molar refractivity (Wildman–Crippen MR) is 79.6 cm³/mol. The van der Waals surface area contributed by atoms with E-state index in [1.54, 1.807) is 32.0 Å². The quantitative estimate of drug-likeness (QED) is 0.921. The van der Waals surface area contributed by atoms with E-state index in [1.807, 2.05) is 0 Å². The molecule has 0 saturated heterocycles. The molecule has 4 nitrogen and oxygen atoms in total. The monoisotopic (exact) mass is 309 g/mol. The summed E-state index contributed by atoms with van der Waals surface area (Å²) >= 11 is 0. The summed E-state index contributed by atoms with van der Waals surface area (Å²) in [7, 11) is -3.93. The Kier molecular flexibility index (Phi) is 4.47. The van der Waals surface area contributed by atoms with Crippen molar-refractivity contribution in [3.8, 4) is 5.75 Å². The van der Waals surface area contributed by atoms with Gasteiger partial charge >= 0.3 is 0 Å². The van der Waals surface area contributed by atoms with Crippen molar-refractivity contribution >= 4 is 15.7 Å². The van der Waals surface area contributed by atoms with Crippen molar-refractivity contribution in [3.63, 3.8) is 0 Å². The van der Waals surface area contributed by atoms with Crippen molar-refractivity contribution in [1.29, 1.82) is 0 Å². The van der Waals surface area contributed by atoms with Gasteiger partial charge in [0, 0.05) is 0 Å². The Balaban J connectivity index is 2.44. The lowest BCUT2D eigenvalue weighted by atomic mass is 10.2. The molecular weight excluding hydrogens is 293 g/mol. The average Bonchev–Trinajstić information content (AvgIpc) is 2.43. The van der Waals surface area contributed by atoms with E-state index in [1.165, 1.54) is 24.3 Å². The van der Waals surface area contributed by atoms with Crippen LogP contribution in [0.15, 0.2) is 47.4 Å². The summed E-state index contributed by atoms with van der Waals surface area (Å²) in [6.45, 7) is 3.88. The van der Waals surface area contributed by atoms with Crippen LogP contribution < -0.4 is 9.46 Å². The molecule has 0 amide bonds. The number of rotatable bonds is 5. The van der Waals surface area contributed by atoms with Crippen LogP contribution in [0.1, 0.15) is 12.5 Å². The molecule has 2 aromatic carbocycles. The lowest BCUT2D eigenvalue weighted by Gasteiger charge is -2.13. The Labute approximate surface area is 123 Å². The molecule has 6 heteroatoms. The summed E-state index contributed by atoms with van der Waals surface area (Å²) in [5, 5.41) is 0. The van der Waals surface area contributed by atoms with Crippen LogP contribution in [0.2, 0.25) is 0 Å². The van der Waals surface area contributed by atoms with Crippen LogP contribution in [0.25, 0.3) is 0 Å². The van der Waals surface area contributed by atoms with E-state index in [0.717, 1.165) is 5.56 Å².